The van der Waals surface area contributed by atoms with Gasteiger partial charge in [-0.25, -0.2) is 14.8 Å². The van der Waals surface area contributed by atoms with Crippen LogP contribution < -0.4 is 25.6 Å². The second kappa shape index (κ2) is 8.97. The maximum atomic E-state index is 13.2. The average molecular weight is 487 g/mol. The van der Waals surface area contributed by atoms with Crippen LogP contribution in [0.4, 0.5) is 21.9 Å². The maximum Gasteiger partial charge on any atom is 0.331 e. The van der Waals surface area contributed by atoms with Gasteiger partial charge in [0.05, 0.1) is 28.6 Å². The van der Waals surface area contributed by atoms with Gasteiger partial charge in [0.1, 0.15) is 15.5 Å². The first-order valence-corrected chi connectivity index (χ1v) is 12.2. The third-order valence-electron chi connectivity index (χ3n) is 6.03. The molecule has 3 amide bonds. The number of nitrogens with one attached hydrogen (secondary N) is 3. The first kappa shape index (κ1) is 21.5. The summed E-state index contributed by atoms with van der Waals surface area (Å²) in [5, 5.41) is 10.1. The lowest BCUT2D eigenvalue weighted by Gasteiger charge is -2.28. The number of benzene rings is 1. The Labute approximate surface area is 205 Å². The highest BCUT2D eigenvalue weighted by Crippen LogP contribution is 2.45. The molecule has 3 aromatic heterocycles. The molecule has 0 saturated carbocycles. The van der Waals surface area contributed by atoms with Gasteiger partial charge in [-0.3, -0.25) is 9.69 Å². The number of rotatable bonds is 5. The van der Waals surface area contributed by atoms with Crippen LogP contribution in [0.25, 0.3) is 10.2 Å². The predicted octanol–water partition coefficient (Wildman–Crippen LogP) is 4.65. The van der Waals surface area contributed by atoms with Crippen molar-refractivity contribution in [3.05, 3.63) is 65.8 Å². The molecular formula is C25H22N6O3S. The largest absolute Gasteiger partial charge is 0.439 e. The lowest BCUT2D eigenvalue weighted by atomic mass is 10.1. The molecule has 1 atom stereocenters. The van der Waals surface area contributed by atoms with Gasteiger partial charge in [0.2, 0.25) is 5.88 Å². The zero-order chi connectivity index (χ0) is 23.8. The Balaban J connectivity index is 1.31. The van der Waals surface area contributed by atoms with Crippen molar-refractivity contribution in [2.24, 2.45) is 0 Å². The second-order valence-electron chi connectivity index (χ2n) is 8.37. The molecular weight excluding hydrogens is 464 g/mol. The minimum absolute atomic E-state index is 0.0691. The van der Waals surface area contributed by atoms with E-state index in [1.54, 1.807) is 30.6 Å². The highest BCUT2D eigenvalue weighted by molar-refractivity contribution is 7.21. The summed E-state index contributed by atoms with van der Waals surface area (Å²) < 4.78 is 5.77. The lowest BCUT2D eigenvalue weighted by molar-refractivity contribution is 0.0935. The van der Waals surface area contributed by atoms with Gasteiger partial charge in [0.15, 0.2) is 0 Å². The molecule has 0 aliphatic carbocycles. The Morgan fingerprint density at radius 3 is 2.80 bits per heavy atom. The number of nitrogens with zero attached hydrogens (tertiary/aromatic N) is 3. The molecule has 5 heterocycles. The highest BCUT2D eigenvalue weighted by atomic mass is 32.1. The number of para-hydroxylation sites is 1. The van der Waals surface area contributed by atoms with Gasteiger partial charge >= 0.3 is 6.03 Å². The minimum Gasteiger partial charge on any atom is -0.439 e. The second-order valence-corrected chi connectivity index (χ2v) is 9.37. The molecule has 2 aliphatic heterocycles. The number of hydrogen-bond donors (Lipinski definition) is 3. The van der Waals surface area contributed by atoms with Gasteiger partial charge in [-0.1, -0.05) is 18.2 Å². The summed E-state index contributed by atoms with van der Waals surface area (Å²) >= 11 is 1.28. The summed E-state index contributed by atoms with van der Waals surface area (Å²) in [4.78, 5) is 37.9. The Morgan fingerprint density at radius 2 is 2.03 bits per heavy atom. The number of anilines is 3. The molecule has 0 spiro atoms. The fraction of sp³-hybridized carbons (Fsp3) is 0.200. The first-order valence-electron chi connectivity index (χ1n) is 11.4. The molecule has 1 aromatic carbocycles. The number of thiophene rings is 1. The molecule has 4 aromatic rings. The Kier molecular flexibility index (Phi) is 5.51. The number of hydrogen-bond acceptors (Lipinski definition) is 7. The summed E-state index contributed by atoms with van der Waals surface area (Å²) in [6, 6.07) is 14.3. The number of urea groups is 1. The van der Waals surface area contributed by atoms with Gasteiger partial charge in [-0.2, -0.15) is 0 Å². The topological polar surface area (TPSA) is 108 Å². The zero-order valence-electron chi connectivity index (χ0n) is 18.7. The van der Waals surface area contributed by atoms with Crippen molar-refractivity contribution >= 4 is 50.6 Å². The SMILES string of the molecule is O=C(N[C@@H]1CCCNC1)c1sc2nccc3c2c1NC(=O)N3c1ccc(Oc2ccccc2)nc1. The number of carbonyl (C=O) groups excluding carboxylic acids is 2. The van der Waals surface area contributed by atoms with E-state index in [4.69, 9.17) is 4.74 Å². The van der Waals surface area contributed by atoms with E-state index in [0.717, 1.165) is 31.3 Å². The van der Waals surface area contributed by atoms with E-state index in [0.29, 0.717) is 38.4 Å². The Morgan fingerprint density at radius 1 is 1.14 bits per heavy atom. The van der Waals surface area contributed by atoms with E-state index >= 15 is 0 Å². The van der Waals surface area contributed by atoms with E-state index < -0.39 is 0 Å². The van der Waals surface area contributed by atoms with Gasteiger partial charge in [-0.15, -0.1) is 11.3 Å². The van der Waals surface area contributed by atoms with Crippen LogP contribution in [0.3, 0.4) is 0 Å². The predicted molar refractivity (Wildman–Crippen MR) is 135 cm³/mol. The molecule has 1 fully saturated rings. The molecule has 10 heteroatoms. The smallest absolute Gasteiger partial charge is 0.331 e. The van der Waals surface area contributed by atoms with Crippen molar-refractivity contribution in [3.63, 3.8) is 0 Å². The van der Waals surface area contributed by atoms with Crippen molar-refractivity contribution in [1.29, 1.82) is 0 Å². The maximum absolute atomic E-state index is 13.2. The van der Waals surface area contributed by atoms with E-state index in [2.05, 4.69) is 25.9 Å². The Hall–Kier alpha value is -4.02. The number of aromatic nitrogens is 2. The standard InChI is InChI=1S/C25H22N6O3S/c32-23(29-15-5-4-11-26-13-15)22-21-20-18(10-12-27-24(20)35-22)31(25(33)30-21)16-8-9-19(28-14-16)34-17-6-2-1-3-7-17/h1-3,6-10,12,14-15,26H,4-5,11,13H2,(H,29,32)(H,30,33)/t15-/m1/s1. The van der Waals surface area contributed by atoms with E-state index in [1.165, 1.54) is 16.2 Å². The molecule has 9 nitrogen and oxygen atoms in total. The highest BCUT2D eigenvalue weighted by Gasteiger charge is 2.33. The average Bonchev–Trinajstić information content (AvgIpc) is 3.26. The van der Waals surface area contributed by atoms with Crippen LogP contribution in [-0.2, 0) is 0 Å². The van der Waals surface area contributed by atoms with Crippen molar-refractivity contribution in [2.75, 3.05) is 23.3 Å². The van der Waals surface area contributed by atoms with Crippen LogP contribution in [0, 0.1) is 0 Å². The van der Waals surface area contributed by atoms with Crippen molar-refractivity contribution in [3.8, 4) is 11.6 Å². The minimum atomic E-state index is -0.365. The van der Waals surface area contributed by atoms with Gasteiger partial charge in [0, 0.05) is 24.8 Å². The summed E-state index contributed by atoms with van der Waals surface area (Å²) in [5.74, 6) is 0.905. The van der Waals surface area contributed by atoms with Gasteiger partial charge < -0.3 is 20.7 Å². The molecule has 176 valence electrons. The number of ether oxygens (including phenoxy) is 1. The van der Waals surface area contributed by atoms with Crippen molar-refractivity contribution in [2.45, 2.75) is 18.9 Å². The van der Waals surface area contributed by atoms with Gasteiger partial charge in [0.25, 0.3) is 5.91 Å². The summed E-state index contributed by atoms with van der Waals surface area (Å²) in [5.41, 5.74) is 1.74. The number of amides is 3. The van der Waals surface area contributed by atoms with Crippen LogP contribution in [0.5, 0.6) is 11.6 Å². The third kappa shape index (κ3) is 4.07. The van der Waals surface area contributed by atoms with Crippen LogP contribution in [0.2, 0.25) is 0 Å². The molecule has 0 unspecified atom stereocenters. The summed E-state index contributed by atoms with van der Waals surface area (Å²) in [6.07, 6.45) is 5.19. The van der Waals surface area contributed by atoms with Crippen molar-refractivity contribution < 1.29 is 14.3 Å². The number of piperidine rings is 1. The molecule has 0 bridgehead atoms. The quantitative estimate of drug-likeness (QED) is 0.379. The van der Waals surface area contributed by atoms with Crippen LogP contribution in [0.1, 0.15) is 22.5 Å². The monoisotopic (exact) mass is 486 g/mol. The van der Waals surface area contributed by atoms with E-state index in [9.17, 15) is 9.59 Å². The van der Waals surface area contributed by atoms with Crippen LogP contribution >= 0.6 is 11.3 Å². The van der Waals surface area contributed by atoms with E-state index in [1.807, 2.05) is 30.3 Å². The van der Waals surface area contributed by atoms with Crippen molar-refractivity contribution in [1.82, 2.24) is 20.6 Å². The normalized spacial score (nSPS) is 17.2. The summed E-state index contributed by atoms with van der Waals surface area (Å²) in [7, 11) is 0. The molecule has 0 radical (unpaired) electrons. The Bertz CT molecular complexity index is 1400. The first-order chi connectivity index (χ1) is 17.2. The summed E-state index contributed by atoms with van der Waals surface area (Å²) in [6.45, 7) is 1.71. The third-order valence-corrected chi connectivity index (χ3v) is 7.13. The molecule has 35 heavy (non-hydrogen) atoms. The van der Waals surface area contributed by atoms with Gasteiger partial charge in [-0.05, 0) is 43.7 Å². The molecule has 3 N–H and O–H groups in total. The molecule has 1 saturated heterocycles. The van der Waals surface area contributed by atoms with Crippen LogP contribution in [0.15, 0.2) is 60.9 Å². The number of pyridine rings is 2. The van der Waals surface area contributed by atoms with Crippen LogP contribution in [-0.4, -0.2) is 41.0 Å². The molecule has 2 aliphatic rings. The molecule has 6 rings (SSSR count). The zero-order valence-corrected chi connectivity index (χ0v) is 19.5. The lowest BCUT2D eigenvalue weighted by Crippen LogP contribution is -2.45. The fourth-order valence-electron chi connectivity index (χ4n) is 4.40. The number of carbonyl (C=O) groups is 2. The van der Waals surface area contributed by atoms with E-state index in [-0.39, 0.29) is 18.0 Å². The fourth-order valence-corrected chi connectivity index (χ4v) is 5.42.